The topological polar surface area (TPSA) is 113 Å². The number of aliphatic hydroxyl groups is 1. The number of halogens is 1. The van der Waals surface area contributed by atoms with Crippen LogP contribution >= 0.6 is 0 Å². The summed E-state index contributed by atoms with van der Waals surface area (Å²) < 4.78 is 45.9. The van der Waals surface area contributed by atoms with E-state index in [-0.39, 0.29) is 35.1 Å². The van der Waals surface area contributed by atoms with Gasteiger partial charge in [-0.3, -0.25) is 4.72 Å². The van der Waals surface area contributed by atoms with Gasteiger partial charge in [0, 0.05) is 6.07 Å². The van der Waals surface area contributed by atoms with E-state index in [1.165, 1.54) is 25.1 Å². The Balaban J connectivity index is 2.43. The summed E-state index contributed by atoms with van der Waals surface area (Å²) in [6, 6.07) is 6.92. The molecule has 2 rings (SSSR count). The maximum absolute atomic E-state index is 13.4. The van der Waals surface area contributed by atoms with E-state index in [0.717, 1.165) is 18.2 Å². The van der Waals surface area contributed by atoms with Crippen LogP contribution in [-0.2, 0) is 10.0 Å². The quantitative estimate of drug-likeness (QED) is 0.688. The molecule has 25 heavy (non-hydrogen) atoms. The van der Waals surface area contributed by atoms with Gasteiger partial charge in [0.05, 0.1) is 22.8 Å². The first-order valence-corrected chi connectivity index (χ1v) is 8.63. The van der Waals surface area contributed by atoms with Crippen molar-refractivity contribution >= 4 is 21.7 Å². The predicted molar refractivity (Wildman–Crippen MR) is 87.9 cm³/mol. The number of carboxylic acid groups (broad SMARTS) is 1. The van der Waals surface area contributed by atoms with Gasteiger partial charge < -0.3 is 14.9 Å². The normalized spacial score (nSPS) is 11.2. The Morgan fingerprint density at radius 2 is 1.96 bits per heavy atom. The summed E-state index contributed by atoms with van der Waals surface area (Å²) in [5.41, 5.74) is 0.134. The lowest BCUT2D eigenvalue weighted by Gasteiger charge is -2.15. The van der Waals surface area contributed by atoms with E-state index in [4.69, 9.17) is 14.9 Å². The van der Waals surface area contributed by atoms with Crippen molar-refractivity contribution in [2.24, 2.45) is 0 Å². The number of hydrogen-bond acceptors (Lipinski definition) is 5. The molecule has 0 aliphatic carbocycles. The first-order chi connectivity index (χ1) is 11.7. The number of carbonyl (C=O) groups is 1. The molecule has 0 aromatic heterocycles. The molecule has 3 N–H and O–H groups in total. The number of aromatic carboxylic acids is 1. The van der Waals surface area contributed by atoms with Gasteiger partial charge in [0.15, 0.2) is 0 Å². The molecular formula is C16H16FNO6S. The number of aryl methyl sites for hydroxylation is 1. The summed E-state index contributed by atoms with van der Waals surface area (Å²) in [4.78, 5) is 10.8. The largest absolute Gasteiger partial charge is 0.489 e. The maximum Gasteiger partial charge on any atom is 0.335 e. The van der Waals surface area contributed by atoms with Crippen LogP contribution in [0.4, 0.5) is 10.1 Å². The van der Waals surface area contributed by atoms with Crippen LogP contribution in [0.15, 0.2) is 41.3 Å². The van der Waals surface area contributed by atoms with E-state index < -0.39 is 21.8 Å². The fourth-order valence-corrected chi connectivity index (χ4v) is 3.42. The Morgan fingerprint density at radius 1 is 1.24 bits per heavy atom. The second kappa shape index (κ2) is 7.49. The molecular weight excluding hydrogens is 353 g/mol. The Hall–Kier alpha value is -2.65. The summed E-state index contributed by atoms with van der Waals surface area (Å²) in [6.07, 6.45) is 0. The van der Waals surface area contributed by atoms with Gasteiger partial charge in [0.2, 0.25) is 0 Å². The molecule has 0 atom stereocenters. The molecule has 134 valence electrons. The number of anilines is 1. The lowest BCUT2D eigenvalue weighted by molar-refractivity contribution is 0.0696. The van der Waals surface area contributed by atoms with Gasteiger partial charge in [-0.1, -0.05) is 6.07 Å². The van der Waals surface area contributed by atoms with Crippen LogP contribution in [0.3, 0.4) is 0 Å². The van der Waals surface area contributed by atoms with Crippen molar-refractivity contribution in [1.82, 2.24) is 0 Å². The van der Waals surface area contributed by atoms with Crippen molar-refractivity contribution in [2.45, 2.75) is 11.8 Å². The molecule has 2 aromatic rings. The highest BCUT2D eigenvalue weighted by molar-refractivity contribution is 7.92. The maximum atomic E-state index is 13.4. The average molecular weight is 369 g/mol. The van der Waals surface area contributed by atoms with E-state index in [1.54, 1.807) is 0 Å². The molecule has 0 bridgehead atoms. The predicted octanol–water partition coefficient (Wildman–Crippen LogP) is 2.00. The highest BCUT2D eigenvalue weighted by Crippen LogP contribution is 2.29. The highest BCUT2D eigenvalue weighted by Gasteiger charge is 2.21. The molecule has 0 saturated carbocycles. The molecule has 7 nitrogen and oxygen atoms in total. The minimum Gasteiger partial charge on any atom is -0.489 e. The molecule has 0 unspecified atom stereocenters. The van der Waals surface area contributed by atoms with Crippen LogP contribution in [0.5, 0.6) is 5.75 Å². The van der Waals surface area contributed by atoms with Crippen LogP contribution in [0.25, 0.3) is 0 Å². The zero-order valence-corrected chi connectivity index (χ0v) is 14.0. The molecule has 2 aromatic carbocycles. The first kappa shape index (κ1) is 18.7. The van der Waals surface area contributed by atoms with Gasteiger partial charge >= 0.3 is 5.97 Å². The number of sulfonamides is 1. The first-order valence-electron chi connectivity index (χ1n) is 7.14. The zero-order chi connectivity index (χ0) is 18.6. The van der Waals surface area contributed by atoms with Crippen molar-refractivity contribution in [3.8, 4) is 5.75 Å². The van der Waals surface area contributed by atoms with Gasteiger partial charge in [-0.2, -0.15) is 0 Å². The molecule has 9 heteroatoms. The second-order valence-electron chi connectivity index (χ2n) is 5.10. The molecule has 0 aliphatic heterocycles. The van der Waals surface area contributed by atoms with E-state index >= 15 is 0 Å². The van der Waals surface area contributed by atoms with E-state index in [1.807, 2.05) is 0 Å². The third-order valence-electron chi connectivity index (χ3n) is 3.26. The van der Waals surface area contributed by atoms with Crippen molar-refractivity contribution in [2.75, 3.05) is 17.9 Å². The monoisotopic (exact) mass is 369 g/mol. The lowest BCUT2D eigenvalue weighted by Crippen LogP contribution is -2.16. The summed E-state index contributed by atoms with van der Waals surface area (Å²) in [6.45, 7) is 1.04. The fourth-order valence-electron chi connectivity index (χ4n) is 2.08. The Kier molecular flexibility index (Phi) is 5.60. The van der Waals surface area contributed by atoms with Crippen LogP contribution in [0.1, 0.15) is 15.9 Å². The Labute approximate surface area is 143 Å². The summed E-state index contributed by atoms with van der Waals surface area (Å²) in [7, 11) is -4.14. The molecule has 0 spiro atoms. The minimum atomic E-state index is -4.14. The molecule has 0 heterocycles. The minimum absolute atomic E-state index is 0.0324. The van der Waals surface area contributed by atoms with Crippen LogP contribution in [0, 0.1) is 12.7 Å². The number of aliphatic hydroxyl groups excluding tert-OH is 1. The van der Waals surface area contributed by atoms with Crippen LogP contribution < -0.4 is 9.46 Å². The summed E-state index contributed by atoms with van der Waals surface area (Å²) in [5.74, 6) is -1.99. The fraction of sp³-hybridized carbons (Fsp3) is 0.188. The second-order valence-corrected chi connectivity index (χ2v) is 6.75. The van der Waals surface area contributed by atoms with Gasteiger partial charge in [0.1, 0.15) is 18.2 Å². The SMILES string of the molecule is Cc1ccc(C(=O)O)cc1S(=O)(=O)Nc1ccc(F)cc1OCCO. The third-order valence-corrected chi connectivity index (χ3v) is 4.77. The molecule has 0 amide bonds. The molecule has 0 saturated heterocycles. The van der Waals surface area contributed by atoms with E-state index in [0.29, 0.717) is 5.56 Å². The highest BCUT2D eigenvalue weighted by atomic mass is 32.2. The Morgan fingerprint density at radius 3 is 2.60 bits per heavy atom. The molecule has 0 fully saturated rings. The summed E-state index contributed by atoms with van der Waals surface area (Å²) >= 11 is 0. The van der Waals surface area contributed by atoms with Gasteiger partial charge in [-0.15, -0.1) is 0 Å². The number of nitrogens with one attached hydrogen (secondary N) is 1. The van der Waals surface area contributed by atoms with Gasteiger partial charge in [-0.25, -0.2) is 17.6 Å². The molecule has 0 radical (unpaired) electrons. The van der Waals surface area contributed by atoms with Crippen molar-refractivity contribution < 1.29 is 32.6 Å². The van der Waals surface area contributed by atoms with Crippen LogP contribution in [0.2, 0.25) is 0 Å². The van der Waals surface area contributed by atoms with Crippen molar-refractivity contribution in [1.29, 1.82) is 0 Å². The average Bonchev–Trinajstić information content (AvgIpc) is 2.54. The van der Waals surface area contributed by atoms with Gasteiger partial charge in [-0.05, 0) is 36.8 Å². The number of ether oxygens (including phenoxy) is 1. The van der Waals surface area contributed by atoms with Crippen molar-refractivity contribution in [3.63, 3.8) is 0 Å². The van der Waals surface area contributed by atoms with Crippen molar-refractivity contribution in [3.05, 3.63) is 53.3 Å². The number of rotatable bonds is 7. The summed E-state index contributed by atoms with van der Waals surface area (Å²) in [5, 5.41) is 17.8. The van der Waals surface area contributed by atoms with E-state index in [9.17, 15) is 17.6 Å². The third kappa shape index (κ3) is 4.46. The lowest BCUT2D eigenvalue weighted by atomic mass is 10.1. The number of carboxylic acids is 1. The zero-order valence-electron chi connectivity index (χ0n) is 13.2. The van der Waals surface area contributed by atoms with Gasteiger partial charge in [0.25, 0.3) is 10.0 Å². The standard InChI is InChI=1S/C16H16FNO6S/c1-10-2-3-11(16(20)21)8-15(10)25(22,23)18-13-5-4-12(17)9-14(13)24-7-6-19/h2-5,8-9,18-19H,6-7H2,1H3,(H,20,21). The smallest absolute Gasteiger partial charge is 0.335 e. The Bertz CT molecular complexity index is 897. The number of hydrogen-bond donors (Lipinski definition) is 3. The van der Waals surface area contributed by atoms with Crippen LogP contribution in [-0.4, -0.2) is 37.8 Å². The van der Waals surface area contributed by atoms with E-state index in [2.05, 4.69) is 4.72 Å². The molecule has 0 aliphatic rings. The number of benzene rings is 2.